The van der Waals surface area contributed by atoms with E-state index in [1.54, 1.807) is 6.07 Å². The summed E-state index contributed by atoms with van der Waals surface area (Å²) in [4.78, 5) is 6.83. The first-order chi connectivity index (χ1) is 12.5. The minimum absolute atomic E-state index is 0.122. The molecule has 0 bridgehead atoms. The molecule has 0 radical (unpaired) electrons. The van der Waals surface area contributed by atoms with Gasteiger partial charge in [-0.15, -0.1) is 0 Å². The van der Waals surface area contributed by atoms with Crippen LogP contribution in [-0.2, 0) is 11.2 Å². The van der Waals surface area contributed by atoms with Crippen molar-refractivity contribution in [2.75, 3.05) is 46.9 Å². The molecule has 0 aliphatic carbocycles. The molecular weight excluding hydrogens is 331 g/mol. The zero-order valence-electron chi connectivity index (χ0n) is 16.9. The Hall–Kier alpha value is -1.66. The fourth-order valence-corrected chi connectivity index (χ4v) is 2.66. The van der Waals surface area contributed by atoms with Crippen molar-refractivity contribution in [3.05, 3.63) is 35.1 Å². The van der Waals surface area contributed by atoms with E-state index in [1.807, 2.05) is 26.8 Å². The maximum Gasteiger partial charge on any atom is 0.191 e. The van der Waals surface area contributed by atoms with Crippen molar-refractivity contribution in [2.45, 2.75) is 39.7 Å². The Morgan fingerprint density at radius 2 is 2.04 bits per heavy atom. The van der Waals surface area contributed by atoms with E-state index in [4.69, 9.17) is 4.74 Å². The third-order valence-electron chi connectivity index (χ3n) is 4.09. The molecule has 1 rings (SSSR count). The third-order valence-corrected chi connectivity index (χ3v) is 4.09. The number of nitrogens with one attached hydrogen (secondary N) is 2. The smallest absolute Gasteiger partial charge is 0.191 e. The molecule has 5 nitrogen and oxygen atoms in total. The van der Waals surface area contributed by atoms with Crippen molar-refractivity contribution in [1.29, 1.82) is 0 Å². The van der Waals surface area contributed by atoms with Crippen LogP contribution in [0.25, 0.3) is 0 Å². The van der Waals surface area contributed by atoms with Crippen LogP contribution >= 0.6 is 0 Å². The van der Waals surface area contributed by atoms with Gasteiger partial charge in [0.1, 0.15) is 5.82 Å². The van der Waals surface area contributed by atoms with E-state index >= 15 is 0 Å². The highest BCUT2D eigenvalue weighted by Gasteiger charge is 2.09. The Kier molecular flexibility index (Phi) is 10.9. The normalized spacial score (nSPS) is 13.1. The number of nitrogens with zero attached hydrogens (tertiary/aromatic N) is 2. The zero-order valence-corrected chi connectivity index (χ0v) is 16.9. The summed E-state index contributed by atoms with van der Waals surface area (Å²) in [5.74, 6) is 0.607. The highest BCUT2D eigenvalue weighted by atomic mass is 19.1. The van der Waals surface area contributed by atoms with Gasteiger partial charge in [0.15, 0.2) is 5.96 Å². The van der Waals surface area contributed by atoms with Crippen LogP contribution in [0.5, 0.6) is 0 Å². The van der Waals surface area contributed by atoms with Gasteiger partial charge in [0.25, 0.3) is 0 Å². The summed E-state index contributed by atoms with van der Waals surface area (Å²) >= 11 is 0. The fourth-order valence-electron chi connectivity index (χ4n) is 2.66. The van der Waals surface area contributed by atoms with Gasteiger partial charge < -0.3 is 20.3 Å². The summed E-state index contributed by atoms with van der Waals surface area (Å²) in [5.41, 5.74) is 2.13. The summed E-state index contributed by atoms with van der Waals surface area (Å²) in [6.07, 6.45) is 1.90. The van der Waals surface area contributed by atoms with Gasteiger partial charge in [-0.3, -0.25) is 4.99 Å². The van der Waals surface area contributed by atoms with E-state index < -0.39 is 0 Å². The molecule has 0 aliphatic heterocycles. The molecule has 0 heterocycles. The van der Waals surface area contributed by atoms with Crippen LogP contribution in [0.15, 0.2) is 23.2 Å². The van der Waals surface area contributed by atoms with Crippen molar-refractivity contribution >= 4 is 5.96 Å². The largest absolute Gasteiger partial charge is 0.377 e. The van der Waals surface area contributed by atoms with E-state index in [0.717, 1.165) is 49.6 Å². The second kappa shape index (κ2) is 12.7. The standard InChI is InChI=1S/C20H35FN4O/c1-6-22-20(24-15-19(26-7-2)11-13-25(4)5)23-12-10-17-8-9-18(21)14-16(17)3/h8-9,14,19H,6-7,10-13,15H2,1-5H3,(H2,22,23,24). The van der Waals surface area contributed by atoms with E-state index in [1.165, 1.54) is 6.07 Å². The van der Waals surface area contributed by atoms with Crippen LogP contribution in [-0.4, -0.2) is 63.8 Å². The molecule has 0 amide bonds. The second-order valence-corrected chi connectivity index (χ2v) is 6.64. The molecule has 2 N–H and O–H groups in total. The predicted octanol–water partition coefficient (Wildman–Crippen LogP) is 2.59. The molecule has 0 fully saturated rings. The molecule has 0 saturated carbocycles. The topological polar surface area (TPSA) is 48.9 Å². The van der Waals surface area contributed by atoms with E-state index in [0.29, 0.717) is 13.2 Å². The van der Waals surface area contributed by atoms with Gasteiger partial charge in [-0.25, -0.2) is 4.39 Å². The van der Waals surface area contributed by atoms with Crippen LogP contribution in [0, 0.1) is 12.7 Å². The highest BCUT2D eigenvalue weighted by Crippen LogP contribution is 2.10. The number of benzene rings is 1. The Bertz CT molecular complexity index is 549. The minimum atomic E-state index is -0.186. The first-order valence-electron chi connectivity index (χ1n) is 9.49. The Labute approximate surface area is 158 Å². The number of guanidine groups is 1. The average molecular weight is 367 g/mol. The van der Waals surface area contributed by atoms with Crippen LogP contribution in [0.1, 0.15) is 31.4 Å². The maximum absolute atomic E-state index is 13.2. The first kappa shape index (κ1) is 22.4. The summed E-state index contributed by atoms with van der Waals surface area (Å²) in [6.45, 7) is 9.86. The highest BCUT2D eigenvalue weighted by molar-refractivity contribution is 5.79. The summed E-state index contributed by atoms with van der Waals surface area (Å²) < 4.78 is 19.0. The number of hydrogen-bond acceptors (Lipinski definition) is 3. The molecule has 1 unspecified atom stereocenters. The van der Waals surface area contributed by atoms with Crippen molar-refractivity contribution in [3.63, 3.8) is 0 Å². The lowest BCUT2D eigenvalue weighted by Gasteiger charge is -2.19. The van der Waals surface area contributed by atoms with Crippen molar-refractivity contribution in [3.8, 4) is 0 Å². The second-order valence-electron chi connectivity index (χ2n) is 6.64. The van der Waals surface area contributed by atoms with Crippen LogP contribution in [0.3, 0.4) is 0 Å². The minimum Gasteiger partial charge on any atom is -0.377 e. The molecule has 0 aromatic heterocycles. The van der Waals surface area contributed by atoms with Gasteiger partial charge in [0.2, 0.25) is 0 Å². The van der Waals surface area contributed by atoms with Crippen LogP contribution in [0.2, 0.25) is 0 Å². The molecular formula is C20H35FN4O. The molecule has 0 aliphatic rings. The molecule has 6 heteroatoms. The lowest BCUT2D eigenvalue weighted by atomic mass is 10.1. The van der Waals surface area contributed by atoms with Gasteiger partial charge in [-0.1, -0.05) is 6.07 Å². The number of rotatable bonds is 11. The van der Waals surface area contributed by atoms with E-state index in [2.05, 4.69) is 34.6 Å². The third kappa shape index (κ3) is 9.15. The summed E-state index contributed by atoms with van der Waals surface area (Å²) in [5, 5.41) is 6.62. The number of halogens is 1. The average Bonchev–Trinajstić information content (AvgIpc) is 2.58. The number of ether oxygens (including phenoxy) is 1. The lowest BCUT2D eigenvalue weighted by Crippen LogP contribution is -2.39. The van der Waals surface area contributed by atoms with Gasteiger partial charge in [-0.05, 0) is 71.0 Å². The molecule has 1 aromatic carbocycles. The SMILES string of the molecule is CCNC(=NCC(CCN(C)C)OCC)NCCc1ccc(F)cc1C. The van der Waals surface area contributed by atoms with Gasteiger partial charge in [-0.2, -0.15) is 0 Å². The number of aliphatic imine (C=N–C) groups is 1. The first-order valence-corrected chi connectivity index (χ1v) is 9.49. The Morgan fingerprint density at radius 1 is 1.27 bits per heavy atom. The van der Waals surface area contributed by atoms with E-state index in [-0.39, 0.29) is 11.9 Å². The Balaban J connectivity index is 2.55. The van der Waals surface area contributed by atoms with Gasteiger partial charge in [0, 0.05) is 26.2 Å². The molecule has 148 valence electrons. The van der Waals surface area contributed by atoms with Crippen molar-refractivity contribution < 1.29 is 9.13 Å². The number of aryl methyl sites for hydroxylation is 1. The Morgan fingerprint density at radius 3 is 2.65 bits per heavy atom. The molecule has 26 heavy (non-hydrogen) atoms. The van der Waals surface area contributed by atoms with Crippen LogP contribution < -0.4 is 10.6 Å². The van der Waals surface area contributed by atoms with E-state index in [9.17, 15) is 4.39 Å². The molecule has 1 atom stereocenters. The molecule has 0 spiro atoms. The fraction of sp³-hybridized carbons (Fsp3) is 0.650. The van der Waals surface area contributed by atoms with Gasteiger partial charge >= 0.3 is 0 Å². The van der Waals surface area contributed by atoms with Crippen molar-refractivity contribution in [2.24, 2.45) is 4.99 Å². The van der Waals surface area contributed by atoms with Crippen molar-refractivity contribution in [1.82, 2.24) is 15.5 Å². The predicted molar refractivity (Wildman–Crippen MR) is 107 cm³/mol. The zero-order chi connectivity index (χ0) is 19.4. The quantitative estimate of drug-likeness (QED) is 0.467. The van der Waals surface area contributed by atoms with Gasteiger partial charge in [0.05, 0.1) is 12.6 Å². The molecule has 0 saturated heterocycles. The number of hydrogen-bond donors (Lipinski definition) is 2. The summed E-state index contributed by atoms with van der Waals surface area (Å²) in [7, 11) is 4.13. The maximum atomic E-state index is 13.2. The summed E-state index contributed by atoms with van der Waals surface area (Å²) in [6, 6.07) is 4.94. The monoisotopic (exact) mass is 366 g/mol. The van der Waals surface area contributed by atoms with Crippen LogP contribution in [0.4, 0.5) is 4.39 Å². The molecule has 1 aromatic rings. The lowest BCUT2D eigenvalue weighted by molar-refractivity contribution is 0.0582.